The Morgan fingerprint density at radius 2 is 1.96 bits per heavy atom. The van der Waals surface area contributed by atoms with Gasteiger partial charge in [-0.05, 0) is 51.0 Å². The van der Waals surface area contributed by atoms with Gasteiger partial charge in [0, 0.05) is 21.9 Å². The molecule has 0 radical (unpaired) electrons. The molecule has 3 rings (SSSR count). The van der Waals surface area contributed by atoms with Crippen molar-refractivity contribution in [3.8, 4) is 0 Å². The molecule has 0 aliphatic heterocycles. The van der Waals surface area contributed by atoms with Crippen LogP contribution >= 0.6 is 15.9 Å². The van der Waals surface area contributed by atoms with Crippen LogP contribution in [-0.4, -0.2) is 31.5 Å². The van der Waals surface area contributed by atoms with E-state index in [0.717, 1.165) is 27.8 Å². The van der Waals surface area contributed by atoms with Crippen molar-refractivity contribution in [3.05, 3.63) is 57.6 Å². The third kappa shape index (κ3) is 3.62. The van der Waals surface area contributed by atoms with Crippen LogP contribution in [0.2, 0.25) is 0 Å². The molecule has 1 N–H and O–H groups in total. The lowest BCUT2D eigenvalue weighted by atomic mass is 10.1. The molecule has 1 atom stereocenters. The first-order chi connectivity index (χ1) is 11.4. The molecule has 0 unspecified atom stereocenters. The molecule has 0 aliphatic rings. The van der Waals surface area contributed by atoms with E-state index in [-0.39, 0.29) is 17.8 Å². The molecule has 0 saturated heterocycles. The highest BCUT2D eigenvalue weighted by Crippen LogP contribution is 2.12. The average Bonchev–Trinajstić information content (AvgIpc) is 2.94. The fraction of sp³-hybridized carbons (Fsp3) is 0.294. The minimum Gasteiger partial charge on any atom is -0.346 e. The van der Waals surface area contributed by atoms with E-state index in [4.69, 9.17) is 0 Å². The SMILES string of the molecule is Cc1cc(C)n2nc(C(=O)N[C@H](C)Cc3ccc(Br)cc3)nc2n1. The van der Waals surface area contributed by atoms with Crippen molar-refractivity contribution in [1.82, 2.24) is 24.9 Å². The van der Waals surface area contributed by atoms with Gasteiger partial charge in [0.2, 0.25) is 5.82 Å². The number of hydrogen-bond donors (Lipinski definition) is 1. The molecule has 0 fully saturated rings. The zero-order chi connectivity index (χ0) is 17.3. The molecule has 1 amide bonds. The van der Waals surface area contributed by atoms with Crippen LogP contribution in [0.1, 0.15) is 34.5 Å². The summed E-state index contributed by atoms with van der Waals surface area (Å²) in [5.41, 5.74) is 2.90. The number of hydrogen-bond acceptors (Lipinski definition) is 4. The van der Waals surface area contributed by atoms with Gasteiger partial charge in [-0.1, -0.05) is 28.1 Å². The molecule has 24 heavy (non-hydrogen) atoms. The van der Waals surface area contributed by atoms with Crippen molar-refractivity contribution < 1.29 is 4.79 Å². The first-order valence-corrected chi connectivity index (χ1v) is 8.48. The maximum absolute atomic E-state index is 12.4. The average molecular weight is 388 g/mol. The van der Waals surface area contributed by atoms with Crippen molar-refractivity contribution in [3.63, 3.8) is 0 Å². The molecular formula is C17H18BrN5O. The van der Waals surface area contributed by atoms with Gasteiger partial charge in [0.1, 0.15) is 0 Å². The Labute approximate surface area is 148 Å². The van der Waals surface area contributed by atoms with E-state index in [9.17, 15) is 4.79 Å². The highest BCUT2D eigenvalue weighted by molar-refractivity contribution is 9.10. The second-order valence-electron chi connectivity index (χ2n) is 5.89. The van der Waals surface area contributed by atoms with Crippen LogP contribution in [0.25, 0.3) is 5.78 Å². The first-order valence-electron chi connectivity index (χ1n) is 7.68. The number of amides is 1. The lowest BCUT2D eigenvalue weighted by Crippen LogP contribution is -2.34. The van der Waals surface area contributed by atoms with Gasteiger partial charge in [-0.2, -0.15) is 4.98 Å². The first kappa shape index (κ1) is 16.6. The Bertz CT molecular complexity index is 888. The van der Waals surface area contributed by atoms with Crippen LogP contribution in [-0.2, 0) is 6.42 Å². The van der Waals surface area contributed by atoms with E-state index < -0.39 is 0 Å². The summed E-state index contributed by atoms with van der Waals surface area (Å²) in [7, 11) is 0. The summed E-state index contributed by atoms with van der Waals surface area (Å²) >= 11 is 3.42. The van der Waals surface area contributed by atoms with Gasteiger partial charge in [0.15, 0.2) is 0 Å². The third-order valence-electron chi connectivity index (χ3n) is 3.65. The molecule has 0 aliphatic carbocycles. The number of aryl methyl sites for hydroxylation is 2. The number of rotatable bonds is 4. The summed E-state index contributed by atoms with van der Waals surface area (Å²) in [5, 5.41) is 7.19. The van der Waals surface area contributed by atoms with Crippen molar-refractivity contribution in [2.45, 2.75) is 33.2 Å². The van der Waals surface area contributed by atoms with Crippen LogP contribution in [0.3, 0.4) is 0 Å². The molecule has 2 aromatic heterocycles. The smallest absolute Gasteiger partial charge is 0.291 e. The van der Waals surface area contributed by atoms with Gasteiger partial charge in [-0.25, -0.2) is 9.50 Å². The predicted octanol–water partition coefficient (Wildman–Crippen LogP) is 2.86. The number of carbonyl (C=O) groups is 1. The lowest BCUT2D eigenvalue weighted by Gasteiger charge is -2.12. The lowest BCUT2D eigenvalue weighted by molar-refractivity contribution is 0.0930. The number of nitrogens with one attached hydrogen (secondary N) is 1. The fourth-order valence-electron chi connectivity index (χ4n) is 2.58. The van der Waals surface area contributed by atoms with Gasteiger partial charge >= 0.3 is 0 Å². The Morgan fingerprint density at radius 3 is 2.67 bits per heavy atom. The molecule has 0 bridgehead atoms. The minimum absolute atomic E-state index is 0.0268. The number of benzene rings is 1. The molecular weight excluding hydrogens is 370 g/mol. The van der Waals surface area contributed by atoms with E-state index >= 15 is 0 Å². The van der Waals surface area contributed by atoms with E-state index in [0.29, 0.717) is 5.78 Å². The van der Waals surface area contributed by atoms with Gasteiger partial charge in [-0.15, -0.1) is 5.10 Å². The molecule has 124 valence electrons. The molecule has 7 heteroatoms. The normalized spacial score (nSPS) is 12.3. The quantitative estimate of drug-likeness (QED) is 0.746. The standard InChI is InChI=1S/C17H18BrN5O/c1-10-8-12(3)23-17(20-10)21-15(22-23)16(24)19-11(2)9-13-4-6-14(18)7-5-13/h4-8,11H,9H2,1-3H3,(H,19,24)/t11-/m1/s1. The van der Waals surface area contributed by atoms with Crippen LogP contribution in [0, 0.1) is 13.8 Å². The molecule has 3 aromatic rings. The molecule has 2 heterocycles. The predicted molar refractivity (Wildman–Crippen MR) is 95.0 cm³/mol. The van der Waals surface area contributed by atoms with Gasteiger partial charge in [0.05, 0.1) is 0 Å². The highest BCUT2D eigenvalue weighted by Gasteiger charge is 2.17. The van der Waals surface area contributed by atoms with Crippen molar-refractivity contribution in [1.29, 1.82) is 0 Å². The monoisotopic (exact) mass is 387 g/mol. The zero-order valence-corrected chi connectivity index (χ0v) is 15.3. The second-order valence-corrected chi connectivity index (χ2v) is 6.81. The second kappa shape index (κ2) is 6.68. The molecule has 0 saturated carbocycles. The van der Waals surface area contributed by atoms with Crippen molar-refractivity contribution >= 4 is 27.6 Å². The summed E-state index contributed by atoms with van der Waals surface area (Å²) < 4.78 is 2.62. The topological polar surface area (TPSA) is 72.2 Å². The maximum atomic E-state index is 12.4. The molecule has 6 nitrogen and oxygen atoms in total. The van der Waals surface area contributed by atoms with Crippen LogP contribution in [0.4, 0.5) is 0 Å². The Morgan fingerprint density at radius 1 is 1.25 bits per heavy atom. The Hall–Kier alpha value is -2.28. The Balaban J connectivity index is 1.72. The number of halogens is 1. The maximum Gasteiger partial charge on any atom is 0.291 e. The van der Waals surface area contributed by atoms with Gasteiger partial charge in [-0.3, -0.25) is 4.79 Å². The van der Waals surface area contributed by atoms with Crippen molar-refractivity contribution in [2.75, 3.05) is 0 Å². The number of nitrogens with zero attached hydrogens (tertiary/aromatic N) is 4. The van der Waals surface area contributed by atoms with Crippen molar-refractivity contribution in [2.24, 2.45) is 0 Å². The van der Waals surface area contributed by atoms with Crippen LogP contribution < -0.4 is 5.32 Å². The molecule has 0 spiro atoms. The number of aromatic nitrogens is 4. The number of fused-ring (bicyclic) bond motifs is 1. The van der Waals surface area contributed by atoms with E-state index in [1.54, 1.807) is 4.52 Å². The molecule has 1 aromatic carbocycles. The van der Waals surface area contributed by atoms with E-state index in [1.165, 1.54) is 0 Å². The summed E-state index contributed by atoms with van der Waals surface area (Å²) in [5.74, 6) is 0.291. The van der Waals surface area contributed by atoms with Crippen LogP contribution in [0.15, 0.2) is 34.8 Å². The Kier molecular flexibility index (Phi) is 4.62. The van der Waals surface area contributed by atoms with E-state index in [2.05, 4.69) is 36.3 Å². The number of carbonyl (C=O) groups excluding carboxylic acids is 1. The highest BCUT2D eigenvalue weighted by atomic mass is 79.9. The summed E-state index contributed by atoms with van der Waals surface area (Å²) in [6, 6.07) is 9.92. The minimum atomic E-state index is -0.290. The van der Waals surface area contributed by atoms with Crippen LogP contribution in [0.5, 0.6) is 0 Å². The summed E-state index contributed by atoms with van der Waals surface area (Å²) in [6.45, 7) is 5.76. The fourth-order valence-corrected chi connectivity index (χ4v) is 2.84. The zero-order valence-electron chi connectivity index (χ0n) is 13.7. The summed E-state index contributed by atoms with van der Waals surface area (Å²) in [4.78, 5) is 20.9. The third-order valence-corrected chi connectivity index (χ3v) is 4.18. The summed E-state index contributed by atoms with van der Waals surface area (Å²) in [6.07, 6.45) is 0.739. The van der Waals surface area contributed by atoms with E-state index in [1.807, 2.05) is 51.1 Å². The van der Waals surface area contributed by atoms with Gasteiger partial charge < -0.3 is 5.32 Å². The largest absolute Gasteiger partial charge is 0.346 e. The van der Waals surface area contributed by atoms with Gasteiger partial charge in [0.25, 0.3) is 11.7 Å².